The Kier molecular flexibility index (Phi) is 4.19. The van der Waals surface area contributed by atoms with Gasteiger partial charge < -0.3 is 0 Å². The van der Waals surface area contributed by atoms with Crippen LogP contribution in [0, 0.1) is 11.6 Å². The van der Waals surface area contributed by atoms with E-state index in [9.17, 15) is 0 Å². The summed E-state index contributed by atoms with van der Waals surface area (Å²) in [6, 6.07) is 3.22. The van der Waals surface area contributed by atoms with Crippen LogP contribution in [0.4, 0.5) is 8.78 Å². The summed E-state index contributed by atoms with van der Waals surface area (Å²) in [4.78, 5) is 4.33. The fraction of sp³-hybridized carbons (Fsp3) is 0.318. The van der Waals surface area contributed by atoms with Crippen molar-refractivity contribution in [2.24, 2.45) is 7.05 Å². The second kappa shape index (κ2) is 6.76. The highest BCUT2D eigenvalue weighted by Crippen LogP contribution is 2.40. The molecule has 1 N–H and O–H groups in total. The molecule has 4 aromatic rings. The molecule has 0 radical (unpaired) electrons. The van der Waals surface area contributed by atoms with Gasteiger partial charge in [0.2, 0.25) is 0 Å². The average Bonchev–Trinajstić information content (AvgIpc) is 3.33. The van der Waals surface area contributed by atoms with Crippen LogP contribution < -0.4 is 0 Å². The van der Waals surface area contributed by atoms with E-state index in [0.29, 0.717) is 23.2 Å². The fourth-order valence-corrected chi connectivity index (χ4v) is 4.45. The first-order chi connectivity index (χ1) is 14.1. The monoisotopic (exact) mass is 393 g/mol. The maximum absolute atomic E-state index is 15.4. The minimum Gasteiger partial charge on any atom is -0.276 e. The lowest BCUT2D eigenvalue weighted by atomic mass is 9.80. The van der Waals surface area contributed by atoms with Crippen molar-refractivity contribution in [1.29, 1.82) is 0 Å². The van der Waals surface area contributed by atoms with Gasteiger partial charge in [0, 0.05) is 24.2 Å². The van der Waals surface area contributed by atoms with Crippen molar-refractivity contribution < 1.29 is 8.78 Å². The van der Waals surface area contributed by atoms with E-state index in [2.05, 4.69) is 27.2 Å². The summed E-state index contributed by atoms with van der Waals surface area (Å²) < 4.78 is 32.2. The quantitative estimate of drug-likeness (QED) is 0.525. The largest absolute Gasteiger partial charge is 0.276 e. The first-order valence-electron chi connectivity index (χ1n) is 9.91. The van der Waals surface area contributed by atoms with Gasteiger partial charge in [-0.25, -0.2) is 8.78 Å². The molecular formula is C22H21F2N5. The SMILES string of the molecule is CCC1CCCc2c1cc(F)c(-c1cc3c(-c4cnn(C)c4)n[nH]c3cn1)c2F. The molecule has 0 saturated heterocycles. The van der Waals surface area contributed by atoms with E-state index in [1.54, 1.807) is 23.1 Å². The van der Waals surface area contributed by atoms with Crippen molar-refractivity contribution in [2.75, 3.05) is 0 Å². The van der Waals surface area contributed by atoms with Gasteiger partial charge in [-0.3, -0.25) is 14.8 Å². The standard InChI is InChI=1S/C22H21F2N5/c1-3-12-5-4-6-14-15(12)7-17(23)20(21(14)24)18-8-16-19(10-25-18)27-28-22(16)13-9-26-29(2)11-13/h7-12H,3-6H2,1-2H3,(H,27,28). The van der Waals surface area contributed by atoms with Gasteiger partial charge in [0.25, 0.3) is 0 Å². The van der Waals surface area contributed by atoms with E-state index >= 15 is 8.78 Å². The number of H-pyrrole nitrogens is 1. The molecule has 5 rings (SSSR count). The molecule has 5 nitrogen and oxygen atoms in total. The van der Waals surface area contributed by atoms with E-state index in [-0.39, 0.29) is 17.2 Å². The molecule has 148 valence electrons. The van der Waals surface area contributed by atoms with Crippen LogP contribution >= 0.6 is 0 Å². The highest BCUT2D eigenvalue weighted by molar-refractivity contribution is 5.94. The Balaban J connectivity index is 1.68. The van der Waals surface area contributed by atoms with Crippen LogP contribution in [-0.2, 0) is 13.5 Å². The smallest absolute Gasteiger partial charge is 0.139 e. The Morgan fingerprint density at radius 1 is 1.24 bits per heavy atom. The number of benzene rings is 1. The van der Waals surface area contributed by atoms with E-state index < -0.39 is 11.6 Å². The van der Waals surface area contributed by atoms with Gasteiger partial charge in [0.05, 0.1) is 29.2 Å². The topological polar surface area (TPSA) is 59.4 Å². The molecule has 0 spiro atoms. The molecule has 1 unspecified atom stereocenters. The molecule has 1 aromatic carbocycles. The Morgan fingerprint density at radius 3 is 2.86 bits per heavy atom. The Bertz CT molecular complexity index is 1220. The number of aromatic amines is 1. The Hall–Kier alpha value is -3.09. The third-order valence-corrected chi connectivity index (χ3v) is 5.95. The molecule has 3 heterocycles. The zero-order valence-electron chi connectivity index (χ0n) is 16.3. The van der Waals surface area contributed by atoms with E-state index in [0.717, 1.165) is 35.8 Å². The highest BCUT2D eigenvalue weighted by atomic mass is 19.1. The summed E-state index contributed by atoms with van der Waals surface area (Å²) in [5.74, 6) is -0.811. The first-order valence-corrected chi connectivity index (χ1v) is 9.91. The number of pyridine rings is 1. The van der Waals surface area contributed by atoms with Crippen LogP contribution in [0.2, 0.25) is 0 Å². The van der Waals surface area contributed by atoms with Gasteiger partial charge >= 0.3 is 0 Å². The highest BCUT2D eigenvalue weighted by Gasteiger charge is 2.27. The summed E-state index contributed by atoms with van der Waals surface area (Å²) in [5, 5.41) is 12.2. The summed E-state index contributed by atoms with van der Waals surface area (Å²) in [7, 11) is 1.83. The maximum atomic E-state index is 15.4. The number of aromatic nitrogens is 5. The van der Waals surface area contributed by atoms with E-state index in [4.69, 9.17) is 0 Å². The molecule has 0 aliphatic heterocycles. The van der Waals surface area contributed by atoms with Gasteiger partial charge in [0.15, 0.2) is 0 Å². The second-order valence-corrected chi connectivity index (χ2v) is 7.70. The van der Waals surface area contributed by atoms with Gasteiger partial charge in [-0.05, 0) is 54.9 Å². The lowest BCUT2D eigenvalue weighted by Crippen LogP contribution is -2.13. The van der Waals surface area contributed by atoms with Crippen LogP contribution in [0.3, 0.4) is 0 Å². The molecule has 3 aromatic heterocycles. The zero-order valence-corrected chi connectivity index (χ0v) is 16.3. The number of aryl methyl sites for hydroxylation is 1. The van der Waals surface area contributed by atoms with Crippen LogP contribution in [0.1, 0.15) is 43.2 Å². The third kappa shape index (κ3) is 2.84. The maximum Gasteiger partial charge on any atom is 0.139 e. The van der Waals surface area contributed by atoms with Crippen molar-refractivity contribution in [3.63, 3.8) is 0 Å². The lowest BCUT2D eigenvalue weighted by molar-refractivity contribution is 0.501. The van der Waals surface area contributed by atoms with Crippen molar-refractivity contribution in [3.8, 4) is 22.5 Å². The first kappa shape index (κ1) is 18.0. The predicted octanol–water partition coefficient (Wildman–Crippen LogP) is 5.13. The number of nitrogens with one attached hydrogen (secondary N) is 1. The molecule has 1 aliphatic rings. The number of halogens is 2. The minimum atomic E-state index is -0.556. The van der Waals surface area contributed by atoms with E-state index in [1.807, 2.05) is 13.2 Å². The number of hydrogen-bond acceptors (Lipinski definition) is 3. The molecule has 0 fully saturated rings. The number of rotatable bonds is 3. The van der Waals surface area contributed by atoms with Crippen LogP contribution in [0.15, 0.2) is 30.7 Å². The number of nitrogens with zero attached hydrogens (tertiary/aromatic N) is 4. The fourth-order valence-electron chi connectivity index (χ4n) is 4.45. The van der Waals surface area contributed by atoms with Gasteiger partial charge in [-0.1, -0.05) is 6.92 Å². The summed E-state index contributed by atoms with van der Waals surface area (Å²) in [6.45, 7) is 2.07. The molecule has 0 amide bonds. The molecule has 7 heteroatoms. The van der Waals surface area contributed by atoms with Gasteiger partial charge in [0.1, 0.15) is 17.3 Å². The summed E-state index contributed by atoms with van der Waals surface area (Å²) in [5.41, 5.74) is 3.90. The Labute approximate surface area is 166 Å². The molecular weight excluding hydrogens is 372 g/mol. The van der Waals surface area contributed by atoms with Crippen molar-refractivity contribution >= 4 is 10.9 Å². The molecule has 1 atom stereocenters. The summed E-state index contributed by atoms with van der Waals surface area (Å²) >= 11 is 0. The van der Waals surface area contributed by atoms with Crippen LogP contribution in [-0.4, -0.2) is 25.0 Å². The molecule has 1 aliphatic carbocycles. The van der Waals surface area contributed by atoms with Crippen LogP contribution in [0.25, 0.3) is 33.4 Å². The van der Waals surface area contributed by atoms with Crippen LogP contribution in [0.5, 0.6) is 0 Å². The zero-order chi connectivity index (χ0) is 20.1. The Morgan fingerprint density at radius 2 is 2.10 bits per heavy atom. The van der Waals surface area contributed by atoms with Crippen molar-refractivity contribution in [2.45, 2.75) is 38.5 Å². The van der Waals surface area contributed by atoms with Crippen molar-refractivity contribution in [1.82, 2.24) is 25.0 Å². The molecule has 29 heavy (non-hydrogen) atoms. The van der Waals surface area contributed by atoms with Crippen molar-refractivity contribution in [3.05, 3.63) is 53.5 Å². The minimum absolute atomic E-state index is 0.0549. The molecule has 0 saturated carbocycles. The van der Waals surface area contributed by atoms with Gasteiger partial charge in [-0.15, -0.1) is 0 Å². The second-order valence-electron chi connectivity index (χ2n) is 7.70. The average molecular weight is 393 g/mol. The molecule has 0 bridgehead atoms. The number of fused-ring (bicyclic) bond motifs is 2. The normalized spacial score (nSPS) is 16.3. The van der Waals surface area contributed by atoms with E-state index in [1.165, 1.54) is 6.07 Å². The summed E-state index contributed by atoms with van der Waals surface area (Å²) in [6.07, 6.45) is 8.56. The number of hydrogen-bond donors (Lipinski definition) is 1. The lowest BCUT2D eigenvalue weighted by Gasteiger charge is -2.26. The third-order valence-electron chi connectivity index (χ3n) is 5.95. The van der Waals surface area contributed by atoms with Gasteiger partial charge in [-0.2, -0.15) is 10.2 Å². The predicted molar refractivity (Wildman–Crippen MR) is 107 cm³/mol.